The van der Waals surface area contributed by atoms with E-state index in [-0.39, 0.29) is 17.1 Å². The van der Waals surface area contributed by atoms with E-state index in [9.17, 15) is 13.6 Å². The molecular formula is C15H20F2N4O. The van der Waals surface area contributed by atoms with Crippen LogP contribution in [0.4, 0.5) is 8.78 Å². The maximum absolute atomic E-state index is 12.3. The van der Waals surface area contributed by atoms with Crippen molar-refractivity contribution in [1.29, 1.82) is 5.41 Å². The third-order valence-electron chi connectivity index (χ3n) is 3.83. The van der Waals surface area contributed by atoms with Crippen LogP contribution in [0, 0.1) is 11.3 Å². The Kier molecular flexibility index (Phi) is 4.44. The van der Waals surface area contributed by atoms with Gasteiger partial charge in [0, 0.05) is 5.54 Å². The van der Waals surface area contributed by atoms with Crippen molar-refractivity contribution in [1.82, 2.24) is 15.3 Å². The zero-order chi connectivity index (χ0) is 16.5. The number of hydrogen-bond donors (Lipinski definition) is 3. The van der Waals surface area contributed by atoms with Crippen molar-refractivity contribution >= 4 is 17.2 Å². The molecule has 5 nitrogen and oxygen atoms in total. The summed E-state index contributed by atoms with van der Waals surface area (Å²) in [6, 6.07) is 0. The minimum Gasteiger partial charge on any atom is -0.346 e. The molecule has 0 bridgehead atoms. The summed E-state index contributed by atoms with van der Waals surface area (Å²) in [4.78, 5) is 19.0. The Morgan fingerprint density at radius 3 is 2.73 bits per heavy atom. The Morgan fingerprint density at radius 1 is 1.55 bits per heavy atom. The lowest BCUT2D eigenvalue weighted by atomic mass is 9.99. The number of H-pyrrole nitrogens is 1. The second kappa shape index (κ2) is 5.98. The van der Waals surface area contributed by atoms with Gasteiger partial charge in [0.05, 0.1) is 11.9 Å². The van der Waals surface area contributed by atoms with Crippen molar-refractivity contribution in [2.75, 3.05) is 0 Å². The SMILES string of the molecule is C/C(=C/C(=N)C(F)F)c1ncc(C(=O)NC(C)(C)C2CC2)[nH]1. The van der Waals surface area contributed by atoms with Gasteiger partial charge in [-0.1, -0.05) is 0 Å². The zero-order valence-electron chi connectivity index (χ0n) is 12.8. The van der Waals surface area contributed by atoms with Crippen LogP contribution in [-0.2, 0) is 0 Å². The average Bonchev–Trinajstić information content (AvgIpc) is 3.16. The van der Waals surface area contributed by atoms with E-state index in [4.69, 9.17) is 5.41 Å². The van der Waals surface area contributed by atoms with Crippen LogP contribution in [-0.4, -0.2) is 33.6 Å². The number of halogens is 2. The molecule has 1 saturated carbocycles. The van der Waals surface area contributed by atoms with E-state index in [0.29, 0.717) is 17.3 Å². The molecule has 1 fully saturated rings. The van der Waals surface area contributed by atoms with Gasteiger partial charge in [0.1, 0.15) is 11.5 Å². The molecule has 1 amide bonds. The van der Waals surface area contributed by atoms with Crippen LogP contribution in [0.2, 0.25) is 0 Å². The number of hydrogen-bond acceptors (Lipinski definition) is 3. The van der Waals surface area contributed by atoms with E-state index in [2.05, 4.69) is 15.3 Å². The van der Waals surface area contributed by atoms with Gasteiger partial charge in [-0.05, 0) is 51.2 Å². The first-order valence-corrected chi connectivity index (χ1v) is 7.13. The number of nitrogens with one attached hydrogen (secondary N) is 3. The highest BCUT2D eigenvalue weighted by atomic mass is 19.3. The van der Waals surface area contributed by atoms with Gasteiger partial charge >= 0.3 is 0 Å². The summed E-state index contributed by atoms with van der Waals surface area (Å²) in [5.74, 6) is 0.527. The monoisotopic (exact) mass is 310 g/mol. The van der Waals surface area contributed by atoms with Gasteiger partial charge in [-0.25, -0.2) is 13.8 Å². The quantitative estimate of drug-likeness (QED) is 0.706. The fourth-order valence-electron chi connectivity index (χ4n) is 2.27. The highest BCUT2D eigenvalue weighted by molar-refractivity contribution is 6.00. The van der Waals surface area contributed by atoms with Crippen LogP contribution in [0.3, 0.4) is 0 Å². The number of carbonyl (C=O) groups excluding carboxylic acids is 1. The number of aromatic amines is 1. The van der Waals surface area contributed by atoms with E-state index >= 15 is 0 Å². The number of imidazole rings is 1. The largest absolute Gasteiger partial charge is 0.346 e. The van der Waals surface area contributed by atoms with Gasteiger partial charge in [0.25, 0.3) is 12.3 Å². The number of alkyl halides is 2. The van der Waals surface area contributed by atoms with Gasteiger partial charge in [0.15, 0.2) is 0 Å². The van der Waals surface area contributed by atoms with Gasteiger partial charge in [-0.15, -0.1) is 0 Å². The molecule has 0 aromatic carbocycles. The van der Waals surface area contributed by atoms with Gasteiger partial charge < -0.3 is 10.3 Å². The fourth-order valence-corrected chi connectivity index (χ4v) is 2.27. The molecule has 0 aliphatic heterocycles. The maximum Gasteiger partial charge on any atom is 0.279 e. The minimum atomic E-state index is -2.83. The Labute approximate surface area is 127 Å². The van der Waals surface area contributed by atoms with E-state index < -0.39 is 12.1 Å². The first-order valence-electron chi connectivity index (χ1n) is 7.13. The number of carbonyl (C=O) groups is 1. The molecule has 7 heteroatoms. The molecule has 0 saturated heterocycles. The van der Waals surface area contributed by atoms with Crippen LogP contribution in [0.5, 0.6) is 0 Å². The van der Waals surface area contributed by atoms with E-state index in [1.165, 1.54) is 6.20 Å². The summed E-state index contributed by atoms with van der Waals surface area (Å²) in [5, 5.41) is 10.1. The standard InChI is InChI=1S/C15H20F2N4O/c1-8(6-10(18)12(16)17)13-19-7-11(20-13)14(22)21-15(2,3)9-4-5-9/h6-7,9,12,18H,4-5H2,1-3H3,(H,19,20)(H,21,22)/b8-6-,18-10?. The molecule has 1 aliphatic rings. The molecule has 3 N–H and O–H groups in total. The third-order valence-corrected chi connectivity index (χ3v) is 3.83. The minimum absolute atomic E-state index is 0.271. The number of aromatic nitrogens is 2. The predicted molar refractivity (Wildman–Crippen MR) is 80.2 cm³/mol. The highest BCUT2D eigenvalue weighted by Gasteiger charge is 2.39. The van der Waals surface area contributed by atoms with Crippen LogP contribution in [0.25, 0.3) is 5.57 Å². The molecule has 1 heterocycles. The maximum atomic E-state index is 12.3. The Balaban J connectivity index is 2.07. The summed E-state index contributed by atoms with van der Waals surface area (Å²) in [6.45, 7) is 5.52. The van der Waals surface area contributed by atoms with Crippen LogP contribution < -0.4 is 5.32 Å². The lowest BCUT2D eigenvalue weighted by molar-refractivity contribution is 0.0898. The van der Waals surface area contributed by atoms with Crippen LogP contribution in [0.15, 0.2) is 12.3 Å². The summed E-state index contributed by atoms with van der Waals surface area (Å²) in [5.41, 5.74) is -0.397. The van der Waals surface area contributed by atoms with Crippen molar-refractivity contribution < 1.29 is 13.6 Å². The van der Waals surface area contributed by atoms with Crippen molar-refractivity contribution in [2.24, 2.45) is 5.92 Å². The zero-order valence-corrected chi connectivity index (χ0v) is 12.8. The van der Waals surface area contributed by atoms with E-state index in [1.54, 1.807) is 6.92 Å². The smallest absolute Gasteiger partial charge is 0.279 e. The summed E-state index contributed by atoms with van der Waals surface area (Å²) >= 11 is 0. The number of nitrogens with zero attached hydrogens (tertiary/aromatic N) is 1. The van der Waals surface area contributed by atoms with Gasteiger partial charge in [-0.3, -0.25) is 10.2 Å². The Morgan fingerprint density at radius 2 is 2.18 bits per heavy atom. The molecule has 0 atom stereocenters. The summed E-state index contributed by atoms with van der Waals surface area (Å²) < 4.78 is 24.7. The Bertz CT molecular complexity index is 615. The topological polar surface area (TPSA) is 81.6 Å². The second-order valence-electron chi connectivity index (χ2n) is 6.18. The third kappa shape index (κ3) is 3.78. The van der Waals surface area contributed by atoms with Crippen molar-refractivity contribution in [3.8, 4) is 0 Å². The first kappa shape index (κ1) is 16.3. The van der Waals surface area contributed by atoms with Crippen molar-refractivity contribution in [2.45, 2.75) is 45.6 Å². The number of rotatable bonds is 6. The number of allylic oxidation sites excluding steroid dienone is 2. The number of amides is 1. The highest BCUT2D eigenvalue weighted by Crippen LogP contribution is 2.39. The predicted octanol–water partition coefficient (Wildman–Crippen LogP) is 3.02. The van der Waals surface area contributed by atoms with Crippen LogP contribution in [0.1, 0.15) is 49.9 Å². The lowest BCUT2D eigenvalue weighted by Crippen LogP contribution is -2.45. The van der Waals surface area contributed by atoms with Crippen molar-refractivity contribution in [3.05, 3.63) is 23.8 Å². The Hall–Kier alpha value is -2.05. The lowest BCUT2D eigenvalue weighted by Gasteiger charge is -2.25. The summed E-state index contributed by atoms with van der Waals surface area (Å²) in [7, 11) is 0. The van der Waals surface area contributed by atoms with Gasteiger partial charge in [0.2, 0.25) is 0 Å². The molecule has 0 radical (unpaired) electrons. The second-order valence-corrected chi connectivity index (χ2v) is 6.18. The molecule has 2 rings (SSSR count). The molecule has 1 aromatic heterocycles. The average molecular weight is 310 g/mol. The van der Waals surface area contributed by atoms with Gasteiger partial charge in [-0.2, -0.15) is 0 Å². The van der Waals surface area contributed by atoms with Crippen molar-refractivity contribution in [3.63, 3.8) is 0 Å². The van der Waals surface area contributed by atoms with Crippen LogP contribution >= 0.6 is 0 Å². The molecule has 0 unspecified atom stereocenters. The molecular weight excluding hydrogens is 290 g/mol. The van der Waals surface area contributed by atoms with E-state index in [1.807, 2.05) is 13.8 Å². The first-order chi connectivity index (χ1) is 10.2. The molecule has 0 spiro atoms. The fraction of sp³-hybridized carbons (Fsp3) is 0.533. The van der Waals surface area contributed by atoms with E-state index in [0.717, 1.165) is 18.9 Å². The molecule has 1 aliphatic carbocycles. The molecule has 1 aromatic rings. The molecule has 22 heavy (non-hydrogen) atoms. The molecule has 120 valence electrons. The normalized spacial score (nSPS) is 16.0. The summed E-state index contributed by atoms with van der Waals surface area (Å²) in [6.07, 6.45) is 1.81.